The average Bonchev–Trinajstić information content (AvgIpc) is 2.46. The summed E-state index contributed by atoms with van der Waals surface area (Å²) in [5.41, 5.74) is -0.307. The van der Waals surface area contributed by atoms with E-state index < -0.39 is 17.8 Å². The third-order valence-electron chi connectivity index (χ3n) is 2.71. The largest absolute Gasteiger partial charge is 0.488 e. The number of ether oxygens (including phenoxy) is 3. The minimum atomic E-state index is -0.660. The van der Waals surface area contributed by atoms with Crippen LogP contribution >= 0.6 is 0 Å². The molecule has 0 spiro atoms. The first-order chi connectivity index (χ1) is 11.6. The maximum Gasteiger partial charge on any atom is 0.413 e. The fraction of sp³-hybridized carbons (Fsp3) is 0.562. The number of amides is 2. The van der Waals surface area contributed by atoms with Gasteiger partial charge in [-0.1, -0.05) is 0 Å². The van der Waals surface area contributed by atoms with E-state index in [1.807, 2.05) is 19.0 Å². The van der Waals surface area contributed by atoms with E-state index in [2.05, 4.69) is 20.4 Å². The molecular weight excluding hydrogens is 328 g/mol. The van der Waals surface area contributed by atoms with Gasteiger partial charge in [-0.15, -0.1) is 0 Å². The molecule has 0 aromatic carbocycles. The predicted molar refractivity (Wildman–Crippen MR) is 94.2 cm³/mol. The molecule has 1 aromatic rings. The van der Waals surface area contributed by atoms with Gasteiger partial charge in [0.2, 0.25) is 0 Å². The number of anilines is 2. The number of carbonyl (C=O) groups is 2. The third-order valence-corrected chi connectivity index (χ3v) is 2.71. The van der Waals surface area contributed by atoms with Crippen molar-refractivity contribution in [3.63, 3.8) is 0 Å². The van der Waals surface area contributed by atoms with Gasteiger partial charge in [0.05, 0.1) is 19.0 Å². The van der Waals surface area contributed by atoms with Crippen LogP contribution in [0.3, 0.4) is 0 Å². The quantitative estimate of drug-likeness (QED) is 0.809. The second-order valence-electron chi connectivity index (χ2n) is 6.46. The summed E-state index contributed by atoms with van der Waals surface area (Å²) in [5, 5.41) is 5.03. The Labute approximate surface area is 147 Å². The number of hydrogen-bond donors (Lipinski definition) is 2. The Bertz CT molecular complexity index is 599. The smallest absolute Gasteiger partial charge is 0.413 e. The van der Waals surface area contributed by atoms with E-state index in [1.165, 1.54) is 19.4 Å². The van der Waals surface area contributed by atoms with Crippen LogP contribution in [0.15, 0.2) is 12.3 Å². The summed E-state index contributed by atoms with van der Waals surface area (Å²) in [6, 6.07) is 1.46. The zero-order chi connectivity index (χ0) is 19.0. The molecule has 0 aliphatic carbocycles. The molecule has 0 bridgehead atoms. The Morgan fingerprint density at radius 2 is 1.88 bits per heavy atom. The molecule has 9 heteroatoms. The second-order valence-corrected chi connectivity index (χ2v) is 6.46. The van der Waals surface area contributed by atoms with Crippen molar-refractivity contribution in [2.45, 2.75) is 26.4 Å². The van der Waals surface area contributed by atoms with Gasteiger partial charge in [0.1, 0.15) is 18.0 Å². The molecule has 0 saturated heterocycles. The summed E-state index contributed by atoms with van der Waals surface area (Å²) < 4.78 is 15.4. The molecule has 1 rings (SSSR count). The second kappa shape index (κ2) is 9.07. The highest BCUT2D eigenvalue weighted by atomic mass is 16.6. The van der Waals surface area contributed by atoms with Gasteiger partial charge in [-0.05, 0) is 34.9 Å². The van der Waals surface area contributed by atoms with Crippen LogP contribution in [-0.4, -0.2) is 62.0 Å². The van der Waals surface area contributed by atoms with E-state index in [9.17, 15) is 9.59 Å². The van der Waals surface area contributed by atoms with Crippen molar-refractivity contribution in [1.82, 2.24) is 9.88 Å². The van der Waals surface area contributed by atoms with Crippen LogP contribution in [0.25, 0.3) is 0 Å². The van der Waals surface area contributed by atoms with E-state index in [4.69, 9.17) is 9.47 Å². The highest BCUT2D eigenvalue weighted by Crippen LogP contribution is 2.26. The first-order valence-corrected chi connectivity index (χ1v) is 7.73. The van der Waals surface area contributed by atoms with Gasteiger partial charge in [-0.25, -0.2) is 14.6 Å². The first-order valence-electron chi connectivity index (χ1n) is 7.73. The highest BCUT2D eigenvalue weighted by molar-refractivity contribution is 5.89. The Balaban J connectivity index is 2.89. The number of carbonyl (C=O) groups excluding carboxylic acids is 2. The fourth-order valence-electron chi connectivity index (χ4n) is 1.63. The maximum absolute atomic E-state index is 11.8. The van der Waals surface area contributed by atoms with E-state index in [0.717, 1.165) is 0 Å². The van der Waals surface area contributed by atoms with Crippen molar-refractivity contribution < 1.29 is 23.8 Å². The van der Waals surface area contributed by atoms with Crippen molar-refractivity contribution in [3.05, 3.63) is 12.3 Å². The van der Waals surface area contributed by atoms with Gasteiger partial charge in [-0.3, -0.25) is 10.6 Å². The molecule has 2 amide bonds. The van der Waals surface area contributed by atoms with Gasteiger partial charge in [-0.2, -0.15) is 0 Å². The summed E-state index contributed by atoms with van der Waals surface area (Å²) in [6.45, 7) is 6.36. The Hall–Kier alpha value is -2.55. The van der Waals surface area contributed by atoms with E-state index in [-0.39, 0.29) is 5.82 Å². The van der Waals surface area contributed by atoms with Crippen molar-refractivity contribution in [1.29, 1.82) is 0 Å². The summed E-state index contributed by atoms with van der Waals surface area (Å²) in [4.78, 5) is 29.4. The number of hydrogen-bond acceptors (Lipinski definition) is 7. The molecule has 2 N–H and O–H groups in total. The van der Waals surface area contributed by atoms with Gasteiger partial charge in [0, 0.05) is 12.6 Å². The SMILES string of the molecule is COC(=O)Nc1cc(NC(=O)OC(C)(C)C)ncc1OCCN(C)C. The monoisotopic (exact) mass is 354 g/mol. The maximum atomic E-state index is 11.8. The Morgan fingerprint density at radius 1 is 1.20 bits per heavy atom. The van der Waals surface area contributed by atoms with Gasteiger partial charge < -0.3 is 19.1 Å². The zero-order valence-corrected chi connectivity index (χ0v) is 15.5. The van der Waals surface area contributed by atoms with Crippen LogP contribution in [0.5, 0.6) is 5.75 Å². The molecule has 0 atom stereocenters. The highest BCUT2D eigenvalue weighted by Gasteiger charge is 2.18. The first kappa shape index (κ1) is 20.5. The standard InChI is InChI=1S/C16H26N4O5/c1-16(2,3)25-15(22)19-13-9-11(18-14(21)23-6)12(10-17-13)24-8-7-20(4)5/h9-10H,7-8H2,1-6H3,(H2,17,18,19,21,22). The molecule has 25 heavy (non-hydrogen) atoms. The molecule has 0 unspecified atom stereocenters. The normalized spacial score (nSPS) is 11.0. The number of nitrogens with zero attached hydrogens (tertiary/aromatic N) is 2. The molecule has 9 nitrogen and oxygen atoms in total. The number of pyridine rings is 1. The third kappa shape index (κ3) is 8.20. The van der Waals surface area contributed by atoms with Crippen LogP contribution in [0.1, 0.15) is 20.8 Å². The van der Waals surface area contributed by atoms with E-state index >= 15 is 0 Å². The van der Waals surface area contributed by atoms with Crippen LogP contribution in [0.2, 0.25) is 0 Å². The van der Waals surface area contributed by atoms with Gasteiger partial charge >= 0.3 is 12.2 Å². The molecule has 0 aliphatic heterocycles. The fourth-order valence-corrected chi connectivity index (χ4v) is 1.63. The molecule has 0 radical (unpaired) electrons. The van der Waals surface area contributed by atoms with Crippen molar-refractivity contribution in [2.24, 2.45) is 0 Å². The summed E-state index contributed by atoms with van der Waals surface area (Å²) in [7, 11) is 5.09. The molecule has 0 saturated carbocycles. The lowest BCUT2D eigenvalue weighted by molar-refractivity contribution is 0.0635. The van der Waals surface area contributed by atoms with Crippen LogP contribution in [0.4, 0.5) is 21.1 Å². The number of methoxy groups -OCH3 is 1. The molecular formula is C16H26N4O5. The van der Waals surface area contributed by atoms with Crippen LogP contribution in [0, 0.1) is 0 Å². The number of rotatable bonds is 6. The summed E-state index contributed by atoms with van der Waals surface area (Å²) in [5.74, 6) is 0.572. The minimum absolute atomic E-state index is 0.209. The van der Waals surface area contributed by atoms with Crippen LogP contribution < -0.4 is 15.4 Å². The molecule has 0 aliphatic rings. The molecule has 0 fully saturated rings. The van der Waals surface area contributed by atoms with Crippen LogP contribution in [-0.2, 0) is 9.47 Å². The van der Waals surface area contributed by atoms with Gasteiger partial charge in [0.25, 0.3) is 0 Å². The molecule has 1 heterocycles. The zero-order valence-electron chi connectivity index (χ0n) is 15.5. The van der Waals surface area contributed by atoms with Crippen molar-refractivity contribution >= 4 is 23.7 Å². The summed E-state index contributed by atoms with van der Waals surface area (Å²) >= 11 is 0. The number of aromatic nitrogens is 1. The number of nitrogens with one attached hydrogen (secondary N) is 2. The predicted octanol–water partition coefficient (Wildman–Crippen LogP) is 2.55. The Kier molecular flexibility index (Phi) is 7.43. The lowest BCUT2D eigenvalue weighted by Gasteiger charge is -2.20. The molecule has 1 aromatic heterocycles. The van der Waals surface area contributed by atoms with Gasteiger partial charge in [0.15, 0.2) is 5.75 Å². The topological polar surface area (TPSA) is 102 Å². The lowest BCUT2D eigenvalue weighted by Crippen LogP contribution is -2.27. The van der Waals surface area contributed by atoms with Crippen molar-refractivity contribution in [2.75, 3.05) is 45.0 Å². The Morgan fingerprint density at radius 3 is 2.44 bits per heavy atom. The van der Waals surface area contributed by atoms with Crippen molar-refractivity contribution in [3.8, 4) is 5.75 Å². The average molecular weight is 354 g/mol. The van der Waals surface area contributed by atoms with E-state index in [1.54, 1.807) is 20.8 Å². The lowest BCUT2D eigenvalue weighted by atomic mass is 10.2. The van der Waals surface area contributed by atoms with E-state index in [0.29, 0.717) is 24.6 Å². The minimum Gasteiger partial charge on any atom is -0.488 e. The molecule has 140 valence electrons. The summed E-state index contributed by atoms with van der Waals surface area (Å²) in [6.07, 6.45) is 0.102. The number of likely N-dealkylation sites (N-methyl/N-ethyl adjacent to an activating group) is 1.